The van der Waals surface area contributed by atoms with Gasteiger partial charge >= 0.3 is 5.97 Å². The number of ether oxygens (including phenoxy) is 1. The van der Waals surface area contributed by atoms with Gasteiger partial charge in [0.2, 0.25) is 0 Å². The number of hydrogen-bond acceptors (Lipinski definition) is 3. The first-order valence-electron chi connectivity index (χ1n) is 5.73. The Morgan fingerprint density at radius 3 is 3.12 bits per heavy atom. The quantitative estimate of drug-likeness (QED) is 0.738. The van der Waals surface area contributed by atoms with Crippen molar-refractivity contribution in [3.05, 3.63) is 24.0 Å². The van der Waals surface area contributed by atoms with Gasteiger partial charge in [0, 0.05) is 31.5 Å². The molecule has 1 fully saturated rings. The second kappa shape index (κ2) is 5.16. The fourth-order valence-corrected chi connectivity index (χ4v) is 1.61. The number of carbonyl (C=O) groups is 1. The fourth-order valence-electron chi connectivity index (χ4n) is 1.61. The molecule has 16 heavy (non-hydrogen) atoms. The van der Waals surface area contributed by atoms with E-state index in [1.165, 1.54) is 25.5 Å². The third-order valence-electron chi connectivity index (χ3n) is 2.79. The third kappa shape index (κ3) is 3.38. The van der Waals surface area contributed by atoms with Crippen molar-refractivity contribution in [3.8, 4) is 0 Å². The van der Waals surface area contributed by atoms with E-state index in [0.717, 1.165) is 12.6 Å². The van der Waals surface area contributed by atoms with E-state index >= 15 is 0 Å². The van der Waals surface area contributed by atoms with Crippen LogP contribution in [0.2, 0.25) is 0 Å². The minimum Gasteiger partial charge on any atom is -0.469 e. The zero-order chi connectivity index (χ0) is 11.4. The Labute approximate surface area is 95.6 Å². The topological polar surface area (TPSA) is 43.3 Å². The summed E-state index contributed by atoms with van der Waals surface area (Å²) in [6.45, 7) is 1.62. The molecule has 0 bridgehead atoms. The summed E-state index contributed by atoms with van der Waals surface area (Å²) in [7, 11) is 1.42. The van der Waals surface area contributed by atoms with E-state index in [0.29, 0.717) is 13.0 Å². The maximum Gasteiger partial charge on any atom is 0.307 e. The van der Waals surface area contributed by atoms with Crippen molar-refractivity contribution in [3.63, 3.8) is 0 Å². The van der Waals surface area contributed by atoms with E-state index in [2.05, 4.69) is 22.3 Å². The monoisotopic (exact) mass is 222 g/mol. The van der Waals surface area contributed by atoms with Crippen LogP contribution in [0.5, 0.6) is 0 Å². The predicted molar refractivity (Wildman–Crippen MR) is 60.9 cm³/mol. The number of methoxy groups -OCH3 is 1. The largest absolute Gasteiger partial charge is 0.469 e. The summed E-state index contributed by atoms with van der Waals surface area (Å²) in [6, 6.07) is 2.82. The highest BCUT2D eigenvalue weighted by Gasteiger charge is 2.19. The SMILES string of the molecule is COC(=O)CCn1ccc(CNC2CC2)c1. The molecule has 1 aromatic rings. The standard InChI is InChI=1S/C12H18N2O2/c1-16-12(15)5-7-14-6-4-10(9-14)8-13-11-2-3-11/h4,6,9,11,13H,2-3,5,7-8H2,1H3. The molecular formula is C12H18N2O2. The smallest absolute Gasteiger partial charge is 0.307 e. The van der Waals surface area contributed by atoms with Gasteiger partial charge in [0.1, 0.15) is 0 Å². The number of hydrogen-bond donors (Lipinski definition) is 1. The number of aryl methyl sites for hydroxylation is 1. The van der Waals surface area contributed by atoms with Crippen LogP contribution in [-0.2, 0) is 22.6 Å². The van der Waals surface area contributed by atoms with E-state index in [-0.39, 0.29) is 5.97 Å². The number of esters is 1. The summed E-state index contributed by atoms with van der Waals surface area (Å²) in [5, 5.41) is 3.46. The zero-order valence-corrected chi connectivity index (χ0v) is 9.61. The number of nitrogens with zero attached hydrogens (tertiary/aromatic N) is 1. The van der Waals surface area contributed by atoms with Gasteiger partial charge in [-0.2, -0.15) is 0 Å². The number of rotatable bonds is 6. The number of nitrogens with one attached hydrogen (secondary N) is 1. The summed E-state index contributed by atoms with van der Waals surface area (Å²) in [5.41, 5.74) is 1.27. The van der Waals surface area contributed by atoms with Crippen molar-refractivity contribution in [2.75, 3.05) is 7.11 Å². The van der Waals surface area contributed by atoms with E-state index in [1.807, 2.05) is 10.8 Å². The lowest BCUT2D eigenvalue weighted by molar-refractivity contribution is -0.140. The first kappa shape index (κ1) is 11.2. The van der Waals surface area contributed by atoms with Crippen LogP contribution in [0.15, 0.2) is 18.5 Å². The molecule has 1 aliphatic carbocycles. The Morgan fingerprint density at radius 2 is 2.44 bits per heavy atom. The van der Waals surface area contributed by atoms with Crippen molar-refractivity contribution >= 4 is 5.97 Å². The zero-order valence-electron chi connectivity index (χ0n) is 9.61. The summed E-state index contributed by atoms with van der Waals surface area (Å²) < 4.78 is 6.63. The van der Waals surface area contributed by atoms with Crippen molar-refractivity contribution in [2.24, 2.45) is 0 Å². The van der Waals surface area contributed by atoms with E-state index in [1.54, 1.807) is 0 Å². The average Bonchev–Trinajstić information content (AvgIpc) is 3.02. The third-order valence-corrected chi connectivity index (χ3v) is 2.79. The lowest BCUT2D eigenvalue weighted by Gasteiger charge is -2.02. The lowest BCUT2D eigenvalue weighted by Crippen LogP contribution is -2.14. The molecule has 0 aliphatic heterocycles. The van der Waals surface area contributed by atoms with Crippen molar-refractivity contribution in [1.82, 2.24) is 9.88 Å². The molecule has 0 saturated heterocycles. The highest BCUT2D eigenvalue weighted by molar-refractivity contribution is 5.68. The minimum atomic E-state index is -0.161. The molecule has 4 nitrogen and oxygen atoms in total. The molecule has 0 aromatic carbocycles. The van der Waals surface area contributed by atoms with Gasteiger partial charge in [-0.25, -0.2) is 0 Å². The predicted octanol–water partition coefficient (Wildman–Crippen LogP) is 1.30. The molecule has 0 spiro atoms. The van der Waals surface area contributed by atoms with Gasteiger partial charge in [0.15, 0.2) is 0 Å². The van der Waals surface area contributed by atoms with E-state index in [4.69, 9.17) is 0 Å². The van der Waals surface area contributed by atoms with Crippen LogP contribution in [-0.4, -0.2) is 23.7 Å². The highest BCUT2D eigenvalue weighted by Crippen LogP contribution is 2.19. The van der Waals surface area contributed by atoms with Gasteiger partial charge < -0.3 is 14.6 Å². The fraction of sp³-hybridized carbons (Fsp3) is 0.583. The van der Waals surface area contributed by atoms with Crippen LogP contribution in [0.3, 0.4) is 0 Å². The maximum atomic E-state index is 11.0. The Morgan fingerprint density at radius 1 is 1.62 bits per heavy atom. The Bertz CT molecular complexity index is 356. The van der Waals surface area contributed by atoms with Crippen LogP contribution < -0.4 is 5.32 Å². The Balaban J connectivity index is 1.74. The van der Waals surface area contributed by atoms with E-state index < -0.39 is 0 Å². The molecule has 0 atom stereocenters. The van der Waals surface area contributed by atoms with Crippen LogP contribution >= 0.6 is 0 Å². The molecule has 0 amide bonds. The molecule has 4 heteroatoms. The summed E-state index contributed by atoms with van der Waals surface area (Å²) in [5.74, 6) is -0.161. The van der Waals surface area contributed by atoms with Crippen LogP contribution in [0.25, 0.3) is 0 Å². The molecule has 0 radical (unpaired) electrons. The molecule has 1 aliphatic rings. The van der Waals surface area contributed by atoms with Gasteiger partial charge in [-0.05, 0) is 24.5 Å². The molecular weight excluding hydrogens is 204 g/mol. The molecule has 0 unspecified atom stereocenters. The van der Waals surface area contributed by atoms with Crippen LogP contribution in [0.4, 0.5) is 0 Å². The van der Waals surface area contributed by atoms with Gasteiger partial charge in [-0.3, -0.25) is 4.79 Å². The second-order valence-corrected chi connectivity index (χ2v) is 4.24. The number of aromatic nitrogens is 1. The van der Waals surface area contributed by atoms with Gasteiger partial charge in [-0.15, -0.1) is 0 Å². The molecule has 88 valence electrons. The van der Waals surface area contributed by atoms with Gasteiger partial charge in [0.05, 0.1) is 13.5 Å². The van der Waals surface area contributed by atoms with E-state index in [9.17, 15) is 4.79 Å². The second-order valence-electron chi connectivity index (χ2n) is 4.24. The van der Waals surface area contributed by atoms with Gasteiger partial charge in [-0.1, -0.05) is 0 Å². The minimum absolute atomic E-state index is 0.161. The Hall–Kier alpha value is -1.29. The summed E-state index contributed by atoms with van der Waals surface area (Å²) in [4.78, 5) is 11.0. The first-order valence-corrected chi connectivity index (χ1v) is 5.73. The normalized spacial score (nSPS) is 15.1. The molecule has 1 N–H and O–H groups in total. The van der Waals surface area contributed by atoms with Crippen molar-refractivity contribution in [2.45, 2.75) is 38.4 Å². The lowest BCUT2D eigenvalue weighted by atomic mass is 10.3. The van der Waals surface area contributed by atoms with Crippen LogP contribution in [0, 0.1) is 0 Å². The first-order chi connectivity index (χ1) is 7.78. The molecule has 1 aromatic heterocycles. The maximum absolute atomic E-state index is 11.0. The van der Waals surface area contributed by atoms with Gasteiger partial charge in [0.25, 0.3) is 0 Å². The summed E-state index contributed by atoms with van der Waals surface area (Å²) >= 11 is 0. The van der Waals surface area contributed by atoms with Crippen LogP contribution in [0.1, 0.15) is 24.8 Å². The van der Waals surface area contributed by atoms with Crippen molar-refractivity contribution in [1.29, 1.82) is 0 Å². The molecule has 1 heterocycles. The molecule has 2 rings (SSSR count). The van der Waals surface area contributed by atoms with Crippen molar-refractivity contribution < 1.29 is 9.53 Å². The molecule has 1 saturated carbocycles. The average molecular weight is 222 g/mol. The Kier molecular flexibility index (Phi) is 3.62. The number of carbonyl (C=O) groups excluding carboxylic acids is 1. The highest BCUT2D eigenvalue weighted by atomic mass is 16.5. The summed E-state index contributed by atoms with van der Waals surface area (Å²) in [6.07, 6.45) is 7.14.